The summed E-state index contributed by atoms with van der Waals surface area (Å²) >= 11 is 3.11. The van der Waals surface area contributed by atoms with E-state index in [1.165, 1.54) is 12.2 Å². The predicted molar refractivity (Wildman–Crippen MR) is 62.1 cm³/mol. The molecule has 0 radical (unpaired) electrons. The molecule has 1 amide bonds. The zero-order chi connectivity index (χ0) is 12.8. The third-order valence-electron chi connectivity index (χ3n) is 1.75. The monoisotopic (exact) mass is 303 g/mol. The molecule has 0 aliphatic carbocycles. The Hall–Kier alpha value is -1.60. The molecule has 7 heteroatoms. The van der Waals surface area contributed by atoms with Gasteiger partial charge < -0.3 is 19.9 Å². The van der Waals surface area contributed by atoms with Gasteiger partial charge in [-0.2, -0.15) is 0 Å². The fourth-order valence-electron chi connectivity index (χ4n) is 0.919. The van der Waals surface area contributed by atoms with Crippen LogP contribution in [0.25, 0.3) is 6.08 Å². The van der Waals surface area contributed by atoms with Gasteiger partial charge in [-0.1, -0.05) is 0 Å². The molecule has 0 aliphatic rings. The van der Waals surface area contributed by atoms with Gasteiger partial charge >= 0.3 is 5.97 Å². The van der Waals surface area contributed by atoms with Gasteiger partial charge in [0.05, 0.1) is 6.54 Å². The number of carbonyl (C=O) groups is 2. The van der Waals surface area contributed by atoms with Crippen molar-refractivity contribution < 1.29 is 24.2 Å². The minimum atomic E-state index is -1.61. The summed E-state index contributed by atoms with van der Waals surface area (Å²) in [5, 5.41) is 19.5. The number of amides is 1. The van der Waals surface area contributed by atoms with Crippen molar-refractivity contribution in [3.63, 3.8) is 0 Å². The van der Waals surface area contributed by atoms with E-state index in [0.29, 0.717) is 10.4 Å². The maximum absolute atomic E-state index is 11.2. The number of hydrogen-bond acceptors (Lipinski definition) is 4. The van der Waals surface area contributed by atoms with Crippen LogP contribution < -0.4 is 5.32 Å². The summed E-state index contributed by atoms with van der Waals surface area (Å²) in [7, 11) is 0. The quantitative estimate of drug-likeness (QED) is 0.692. The standard InChI is InChI=1S/C10H10BrNO5/c11-8-3-1-6(17-8)2-4-9(14)12-5-7(13)10(15)16/h1-4,7,13H,5H2,(H,12,14)(H,15,16)/b4-2+/t7-/m0/s1. The average Bonchev–Trinajstić information content (AvgIpc) is 2.69. The first kappa shape index (κ1) is 13.5. The van der Waals surface area contributed by atoms with Crippen molar-refractivity contribution in [3.05, 3.63) is 28.6 Å². The smallest absolute Gasteiger partial charge is 0.334 e. The van der Waals surface area contributed by atoms with Crippen molar-refractivity contribution in [2.75, 3.05) is 6.54 Å². The van der Waals surface area contributed by atoms with Crippen LogP contribution in [-0.2, 0) is 9.59 Å². The number of carboxylic acid groups (broad SMARTS) is 1. The lowest BCUT2D eigenvalue weighted by Crippen LogP contribution is -2.35. The van der Waals surface area contributed by atoms with Crippen LogP contribution in [0.2, 0.25) is 0 Å². The maximum atomic E-state index is 11.2. The minimum absolute atomic E-state index is 0.347. The van der Waals surface area contributed by atoms with Crippen LogP contribution in [0.3, 0.4) is 0 Å². The maximum Gasteiger partial charge on any atom is 0.334 e. The number of aliphatic hydroxyl groups is 1. The van der Waals surface area contributed by atoms with E-state index >= 15 is 0 Å². The van der Waals surface area contributed by atoms with E-state index in [2.05, 4.69) is 21.2 Å². The highest BCUT2D eigenvalue weighted by Gasteiger charge is 2.12. The lowest BCUT2D eigenvalue weighted by atomic mass is 10.3. The molecule has 0 saturated carbocycles. The van der Waals surface area contributed by atoms with Crippen LogP contribution in [0, 0.1) is 0 Å². The highest BCUT2D eigenvalue weighted by atomic mass is 79.9. The normalized spacial score (nSPS) is 12.6. The fourth-order valence-corrected chi connectivity index (χ4v) is 1.24. The molecule has 17 heavy (non-hydrogen) atoms. The molecule has 3 N–H and O–H groups in total. The number of carboxylic acids is 1. The van der Waals surface area contributed by atoms with Crippen LogP contribution >= 0.6 is 15.9 Å². The fraction of sp³-hybridized carbons (Fsp3) is 0.200. The highest BCUT2D eigenvalue weighted by Crippen LogP contribution is 2.14. The molecule has 1 aromatic rings. The number of nitrogens with one attached hydrogen (secondary N) is 1. The zero-order valence-corrected chi connectivity index (χ0v) is 10.2. The van der Waals surface area contributed by atoms with E-state index < -0.39 is 18.0 Å². The molecule has 0 bridgehead atoms. The van der Waals surface area contributed by atoms with E-state index in [4.69, 9.17) is 14.6 Å². The third-order valence-corrected chi connectivity index (χ3v) is 2.17. The Morgan fingerprint density at radius 3 is 2.76 bits per heavy atom. The second-order valence-corrected chi connectivity index (χ2v) is 3.86. The first-order valence-electron chi connectivity index (χ1n) is 4.61. The molecule has 1 rings (SSSR count). The van der Waals surface area contributed by atoms with Crippen molar-refractivity contribution in [3.8, 4) is 0 Å². The number of rotatable bonds is 5. The predicted octanol–water partition coefficient (Wildman–Crippen LogP) is 0.617. The largest absolute Gasteiger partial charge is 0.479 e. The second kappa shape index (κ2) is 6.21. The van der Waals surface area contributed by atoms with Crippen molar-refractivity contribution in [2.24, 2.45) is 0 Å². The molecule has 0 spiro atoms. The Morgan fingerprint density at radius 2 is 2.24 bits per heavy atom. The molecular weight excluding hydrogens is 294 g/mol. The first-order valence-corrected chi connectivity index (χ1v) is 5.40. The number of furan rings is 1. The first-order chi connectivity index (χ1) is 7.99. The minimum Gasteiger partial charge on any atom is -0.479 e. The molecular formula is C10H10BrNO5. The van der Waals surface area contributed by atoms with Gasteiger partial charge in [-0.05, 0) is 34.1 Å². The lowest BCUT2D eigenvalue weighted by Gasteiger charge is -2.04. The van der Waals surface area contributed by atoms with Crippen LogP contribution in [0.15, 0.2) is 27.3 Å². The van der Waals surface area contributed by atoms with Crippen molar-refractivity contribution >= 4 is 33.9 Å². The van der Waals surface area contributed by atoms with Gasteiger partial charge in [-0.3, -0.25) is 4.79 Å². The zero-order valence-electron chi connectivity index (χ0n) is 8.59. The molecule has 1 aromatic heterocycles. The van der Waals surface area contributed by atoms with Gasteiger partial charge in [0.2, 0.25) is 5.91 Å². The van der Waals surface area contributed by atoms with E-state index in [-0.39, 0.29) is 6.54 Å². The van der Waals surface area contributed by atoms with E-state index in [0.717, 1.165) is 0 Å². The second-order valence-electron chi connectivity index (χ2n) is 3.07. The van der Waals surface area contributed by atoms with Gasteiger partial charge in [0.15, 0.2) is 10.8 Å². The van der Waals surface area contributed by atoms with Crippen molar-refractivity contribution in [1.82, 2.24) is 5.32 Å². The average molecular weight is 304 g/mol. The number of hydrogen-bond donors (Lipinski definition) is 3. The number of halogens is 1. The Labute approximate surface area is 105 Å². The summed E-state index contributed by atoms with van der Waals surface area (Å²) < 4.78 is 5.64. The van der Waals surface area contributed by atoms with E-state index in [1.54, 1.807) is 12.1 Å². The summed E-state index contributed by atoms with van der Waals surface area (Å²) in [6.45, 7) is -0.347. The Kier molecular flexibility index (Phi) is 4.92. The molecule has 1 atom stereocenters. The van der Waals surface area contributed by atoms with Crippen LogP contribution in [0.4, 0.5) is 0 Å². The van der Waals surface area contributed by atoms with E-state index in [1.807, 2.05) is 0 Å². The summed E-state index contributed by atoms with van der Waals surface area (Å²) in [6.07, 6.45) is 0.998. The molecule has 92 valence electrons. The molecule has 1 heterocycles. The molecule has 0 fully saturated rings. The van der Waals surface area contributed by atoms with Gasteiger partial charge in [-0.25, -0.2) is 4.79 Å². The summed E-state index contributed by atoms with van der Waals surface area (Å²) in [5.74, 6) is -1.42. The van der Waals surface area contributed by atoms with Crippen LogP contribution in [0.1, 0.15) is 5.76 Å². The molecule has 6 nitrogen and oxygen atoms in total. The highest BCUT2D eigenvalue weighted by molar-refractivity contribution is 9.10. The van der Waals surface area contributed by atoms with Gasteiger partial charge in [0, 0.05) is 6.08 Å². The molecule has 0 unspecified atom stereocenters. The van der Waals surface area contributed by atoms with Crippen LogP contribution in [0.5, 0.6) is 0 Å². The van der Waals surface area contributed by atoms with Gasteiger partial charge in [0.1, 0.15) is 5.76 Å². The summed E-state index contributed by atoms with van der Waals surface area (Å²) in [6, 6.07) is 3.33. The lowest BCUT2D eigenvalue weighted by molar-refractivity contribution is -0.146. The Balaban J connectivity index is 2.39. The SMILES string of the molecule is O=C(/C=C/c1ccc(Br)o1)NC[C@H](O)C(=O)O. The Bertz CT molecular complexity index is 440. The molecule has 0 aliphatic heterocycles. The molecule has 0 aromatic carbocycles. The summed E-state index contributed by atoms with van der Waals surface area (Å²) in [4.78, 5) is 21.4. The van der Waals surface area contributed by atoms with Crippen molar-refractivity contribution in [1.29, 1.82) is 0 Å². The van der Waals surface area contributed by atoms with Crippen molar-refractivity contribution in [2.45, 2.75) is 6.10 Å². The number of aliphatic carboxylic acids is 1. The third kappa shape index (κ3) is 4.83. The van der Waals surface area contributed by atoms with E-state index in [9.17, 15) is 9.59 Å². The van der Waals surface area contributed by atoms with Crippen LogP contribution in [-0.4, -0.2) is 34.7 Å². The van der Waals surface area contributed by atoms with Gasteiger partial charge in [0.25, 0.3) is 0 Å². The topological polar surface area (TPSA) is 99.8 Å². The number of aliphatic hydroxyl groups excluding tert-OH is 1. The Morgan fingerprint density at radius 1 is 1.53 bits per heavy atom. The summed E-state index contributed by atoms with van der Waals surface area (Å²) in [5.41, 5.74) is 0. The number of carbonyl (C=O) groups excluding carboxylic acids is 1. The van der Waals surface area contributed by atoms with Gasteiger partial charge in [-0.15, -0.1) is 0 Å². The molecule has 0 saturated heterocycles.